The average Bonchev–Trinajstić information content (AvgIpc) is 2.95. The van der Waals surface area contributed by atoms with Crippen LogP contribution in [0.15, 0.2) is 60.7 Å². The molecule has 16 heteroatoms. The molecule has 0 aromatic heterocycles. The number of amides is 1. The molecule has 0 heterocycles. The lowest BCUT2D eigenvalue weighted by molar-refractivity contribution is -0.385. The molecule has 0 fully saturated rings. The molecule has 0 aliphatic heterocycles. The van der Waals surface area contributed by atoms with E-state index in [9.17, 15) is 34.6 Å². The van der Waals surface area contributed by atoms with Gasteiger partial charge in [0, 0.05) is 44.3 Å². The zero-order chi connectivity index (χ0) is 33.0. The highest BCUT2D eigenvalue weighted by Gasteiger charge is 2.29. The first kappa shape index (κ1) is 34.5. The molecule has 0 saturated carbocycles. The molecule has 3 rings (SSSR count). The molecular weight excluding hydrogens is 610 g/mol. The summed E-state index contributed by atoms with van der Waals surface area (Å²) in [6.45, 7) is 6.60. The Hall–Kier alpha value is -4.99. The topological polar surface area (TPSA) is 196 Å². The molecule has 1 N–H and O–H groups in total. The van der Waals surface area contributed by atoms with Crippen LogP contribution in [0.5, 0.6) is 11.5 Å². The summed E-state index contributed by atoms with van der Waals surface area (Å²) < 4.78 is 26.4. The minimum atomic E-state index is -1.42. The van der Waals surface area contributed by atoms with Crippen LogP contribution in [-0.4, -0.2) is 61.7 Å². The van der Waals surface area contributed by atoms with E-state index in [-0.39, 0.29) is 42.5 Å². The number of ether oxygens (including phenoxy) is 5. The monoisotopic (exact) mass is 645 g/mol. The van der Waals surface area contributed by atoms with E-state index >= 15 is 0 Å². The largest absolute Gasteiger partial charge is 0.514 e. The first-order valence-electron chi connectivity index (χ1n) is 14.1. The third-order valence-corrected chi connectivity index (χ3v) is 8.38. The maximum Gasteiger partial charge on any atom is 0.514 e. The van der Waals surface area contributed by atoms with Gasteiger partial charge in [0.1, 0.15) is 17.6 Å². The van der Waals surface area contributed by atoms with Crippen LogP contribution in [0, 0.1) is 26.1 Å². The fraction of sp³-hybridized carbons (Fsp3) is 0.414. The molecule has 3 atom stereocenters. The molecule has 242 valence electrons. The zero-order valence-electron chi connectivity index (χ0n) is 25.0. The number of nitro benzene ring substituents is 2. The number of carbonyl (C=O) groups is 3. The number of nitrogens with one attached hydrogen (secondary N) is 1. The van der Waals surface area contributed by atoms with Crippen LogP contribution in [0.3, 0.4) is 0 Å². The van der Waals surface area contributed by atoms with Gasteiger partial charge in [0.25, 0.3) is 11.4 Å². The van der Waals surface area contributed by atoms with Gasteiger partial charge in [-0.1, -0.05) is 25.7 Å². The summed E-state index contributed by atoms with van der Waals surface area (Å²) in [7, 11) is -1.42. The summed E-state index contributed by atoms with van der Waals surface area (Å²) >= 11 is 0. The van der Waals surface area contributed by atoms with Crippen molar-refractivity contribution < 1.29 is 47.9 Å². The molecule has 0 spiro atoms. The molecular formula is C29H35N3O12Si. The van der Waals surface area contributed by atoms with Gasteiger partial charge in [0.05, 0.1) is 23.1 Å². The highest BCUT2D eigenvalue weighted by Crippen LogP contribution is 2.24. The number of carbonyl (C=O) groups excluding carboxylic acids is 3. The Morgan fingerprint density at radius 1 is 0.844 bits per heavy atom. The summed E-state index contributed by atoms with van der Waals surface area (Å²) in [5.74, 6) is -0.331. The summed E-state index contributed by atoms with van der Waals surface area (Å²) in [4.78, 5) is 57.9. The number of nitro groups is 2. The Bertz CT molecular complexity index is 1380. The first-order valence-corrected chi connectivity index (χ1v) is 17.8. The quantitative estimate of drug-likeness (QED) is 0.0538. The molecule has 1 aliphatic carbocycles. The van der Waals surface area contributed by atoms with Crippen LogP contribution in [0.2, 0.25) is 25.7 Å². The van der Waals surface area contributed by atoms with E-state index in [1.54, 1.807) is 12.2 Å². The van der Waals surface area contributed by atoms with Crippen molar-refractivity contribution in [3.63, 3.8) is 0 Å². The summed E-state index contributed by atoms with van der Waals surface area (Å²) in [6.07, 6.45) is 0.910. The number of hydrogen-bond acceptors (Lipinski definition) is 12. The zero-order valence-corrected chi connectivity index (χ0v) is 26.0. The van der Waals surface area contributed by atoms with Crippen molar-refractivity contribution in [1.29, 1.82) is 0 Å². The normalized spacial score (nSPS) is 18.7. The third-order valence-electron chi connectivity index (χ3n) is 6.68. The van der Waals surface area contributed by atoms with Gasteiger partial charge in [0.15, 0.2) is 0 Å². The minimum absolute atomic E-state index is 0.0480. The van der Waals surface area contributed by atoms with Gasteiger partial charge < -0.3 is 29.0 Å². The molecule has 2 aromatic rings. The van der Waals surface area contributed by atoms with Gasteiger partial charge in [-0.15, -0.1) is 0 Å². The Kier molecular flexibility index (Phi) is 12.4. The minimum Gasteiger partial charge on any atom is -0.450 e. The second-order valence-corrected chi connectivity index (χ2v) is 17.0. The molecule has 2 aromatic carbocycles. The van der Waals surface area contributed by atoms with Crippen LogP contribution >= 0.6 is 0 Å². The number of non-ortho nitro benzene ring substituents is 2. The van der Waals surface area contributed by atoms with Crippen molar-refractivity contribution in [3.8, 4) is 11.5 Å². The number of benzene rings is 2. The fourth-order valence-corrected chi connectivity index (χ4v) is 4.89. The fourth-order valence-electron chi connectivity index (χ4n) is 4.18. The first-order chi connectivity index (χ1) is 21.3. The highest BCUT2D eigenvalue weighted by atomic mass is 28.3. The number of hydrogen-bond donors (Lipinski definition) is 1. The van der Waals surface area contributed by atoms with Crippen LogP contribution in [0.1, 0.15) is 19.3 Å². The van der Waals surface area contributed by atoms with Crippen molar-refractivity contribution in [2.24, 2.45) is 5.92 Å². The number of nitrogens with zero attached hydrogens (tertiary/aromatic N) is 2. The van der Waals surface area contributed by atoms with Gasteiger partial charge in [-0.25, -0.2) is 14.4 Å². The SMILES string of the molecule is C[Si](C)(C)CCOC(=O)N[C@H]1C/C=C/[C@H](OC(=O)Oc2ccc([N+](=O)[O-])cc2)CC[C@H]1COC(=O)Oc1ccc([N+](=O)[O-])cc1. The lowest BCUT2D eigenvalue weighted by Gasteiger charge is -2.29. The van der Waals surface area contributed by atoms with Crippen molar-refractivity contribution in [2.45, 2.75) is 57.1 Å². The van der Waals surface area contributed by atoms with E-state index in [0.717, 1.165) is 6.04 Å². The average molecular weight is 646 g/mol. The van der Waals surface area contributed by atoms with E-state index < -0.39 is 54.4 Å². The Morgan fingerprint density at radius 2 is 1.40 bits per heavy atom. The summed E-state index contributed by atoms with van der Waals surface area (Å²) in [6, 6.07) is 10.1. The molecule has 0 unspecified atom stereocenters. The van der Waals surface area contributed by atoms with Crippen LogP contribution in [0.25, 0.3) is 0 Å². The predicted molar refractivity (Wildman–Crippen MR) is 162 cm³/mol. The van der Waals surface area contributed by atoms with E-state index in [1.807, 2.05) is 0 Å². The van der Waals surface area contributed by atoms with Crippen molar-refractivity contribution in [1.82, 2.24) is 5.32 Å². The molecule has 0 saturated heterocycles. The second-order valence-electron chi connectivity index (χ2n) is 11.4. The van der Waals surface area contributed by atoms with Gasteiger partial charge in [-0.2, -0.15) is 0 Å². The lowest BCUT2D eigenvalue weighted by atomic mass is 9.89. The predicted octanol–water partition coefficient (Wildman–Crippen LogP) is 6.39. The smallest absolute Gasteiger partial charge is 0.450 e. The maximum absolute atomic E-state index is 12.6. The molecule has 0 bridgehead atoms. The molecule has 1 aliphatic rings. The molecule has 0 radical (unpaired) electrons. The maximum atomic E-state index is 12.6. The third kappa shape index (κ3) is 12.3. The number of rotatable bonds is 11. The van der Waals surface area contributed by atoms with Crippen LogP contribution < -0.4 is 14.8 Å². The second kappa shape index (κ2) is 16.2. The van der Waals surface area contributed by atoms with Gasteiger partial charge >= 0.3 is 18.4 Å². The Balaban J connectivity index is 1.62. The van der Waals surface area contributed by atoms with E-state index in [2.05, 4.69) is 25.0 Å². The van der Waals surface area contributed by atoms with E-state index in [0.29, 0.717) is 12.8 Å². The van der Waals surface area contributed by atoms with Crippen molar-refractivity contribution in [3.05, 3.63) is 80.9 Å². The standard InChI is InChI=1S/C29H35N3O12Si/c1-45(2,3)18-17-40-27(33)30-26-6-4-5-23(43-29(35)44-25-15-10-22(11-16-25)32(38)39)12-7-20(26)19-41-28(34)42-24-13-8-21(9-14-24)31(36)37/h4-5,8-11,13-16,20,23,26H,6-7,12,17-19H2,1-3H3,(H,30,33)/b5-4+/t20-,23-,26-/m0/s1. The van der Waals surface area contributed by atoms with E-state index in [1.165, 1.54) is 48.5 Å². The van der Waals surface area contributed by atoms with Crippen molar-refractivity contribution in [2.75, 3.05) is 13.2 Å². The molecule has 1 amide bonds. The van der Waals surface area contributed by atoms with Crippen LogP contribution in [-0.2, 0) is 14.2 Å². The van der Waals surface area contributed by atoms with Crippen LogP contribution in [0.4, 0.5) is 25.8 Å². The Labute approximate surface area is 259 Å². The summed E-state index contributed by atoms with van der Waals surface area (Å²) in [5.41, 5.74) is -0.330. The molecule has 45 heavy (non-hydrogen) atoms. The van der Waals surface area contributed by atoms with Gasteiger partial charge in [0.2, 0.25) is 0 Å². The molecule has 15 nitrogen and oxygen atoms in total. The van der Waals surface area contributed by atoms with Gasteiger partial charge in [-0.05, 0) is 55.6 Å². The van der Waals surface area contributed by atoms with Gasteiger partial charge in [-0.3, -0.25) is 20.2 Å². The summed E-state index contributed by atoms with van der Waals surface area (Å²) in [5, 5.41) is 24.5. The van der Waals surface area contributed by atoms with E-state index in [4.69, 9.17) is 23.7 Å². The lowest BCUT2D eigenvalue weighted by Crippen LogP contribution is -2.43. The Morgan fingerprint density at radius 3 is 1.93 bits per heavy atom. The van der Waals surface area contributed by atoms with Crippen molar-refractivity contribution >= 4 is 37.9 Å². The highest BCUT2D eigenvalue weighted by molar-refractivity contribution is 6.76. The number of alkyl carbamates (subject to hydrolysis) is 1.